The minimum atomic E-state index is 0.884. The molecule has 0 radical (unpaired) electrons. The van der Waals surface area contributed by atoms with E-state index >= 15 is 0 Å². The fraction of sp³-hybridized carbons (Fsp3) is 0. The Morgan fingerprint density at radius 3 is 1.80 bits per heavy atom. The first kappa shape index (κ1) is 22.6. The van der Waals surface area contributed by atoms with Gasteiger partial charge in [0, 0.05) is 16.8 Å². The van der Waals surface area contributed by atoms with Crippen LogP contribution in [0, 0.1) is 0 Å². The molecule has 1 heterocycles. The molecule has 0 unspecified atom stereocenters. The van der Waals surface area contributed by atoms with Crippen molar-refractivity contribution in [2.24, 2.45) is 0 Å². The van der Waals surface area contributed by atoms with E-state index in [0.717, 1.165) is 39.0 Å². The summed E-state index contributed by atoms with van der Waals surface area (Å²) in [5, 5.41) is 7.06. The van der Waals surface area contributed by atoms with E-state index < -0.39 is 0 Å². The topological polar surface area (TPSA) is 16.4 Å². The molecule has 0 aliphatic rings. The number of anilines is 3. The third-order valence-electron chi connectivity index (χ3n) is 7.81. The third kappa shape index (κ3) is 3.73. The van der Waals surface area contributed by atoms with Gasteiger partial charge in [-0.3, -0.25) is 0 Å². The largest absolute Gasteiger partial charge is 0.456 e. The Bertz CT molecular complexity index is 2160. The zero-order chi connectivity index (χ0) is 26.5. The number of nitrogens with zero attached hydrogens (tertiary/aromatic N) is 1. The first-order valence-corrected chi connectivity index (χ1v) is 13.6. The van der Waals surface area contributed by atoms with Crippen molar-refractivity contribution in [2.45, 2.75) is 0 Å². The van der Waals surface area contributed by atoms with Crippen LogP contribution >= 0.6 is 0 Å². The quantitative estimate of drug-likeness (QED) is 0.234. The molecule has 0 bridgehead atoms. The van der Waals surface area contributed by atoms with Gasteiger partial charge in [0.15, 0.2) is 0 Å². The van der Waals surface area contributed by atoms with Crippen molar-refractivity contribution in [3.63, 3.8) is 0 Å². The normalized spacial score (nSPS) is 11.5. The second kappa shape index (κ2) is 9.14. The molecule has 0 spiro atoms. The summed E-state index contributed by atoms with van der Waals surface area (Å²) in [5.41, 5.74) is 7.48. The van der Waals surface area contributed by atoms with Gasteiger partial charge in [-0.25, -0.2) is 0 Å². The molecule has 0 saturated heterocycles. The van der Waals surface area contributed by atoms with Gasteiger partial charge < -0.3 is 9.32 Å². The van der Waals surface area contributed by atoms with Crippen LogP contribution in [-0.2, 0) is 0 Å². The maximum absolute atomic E-state index is 6.44. The predicted octanol–water partition coefficient (Wildman–Crippen LogP) is 11.0. The number of hydrogen-bond donors (Lipinski definition) is 0. The molecule has 7 aromatic carbocycles. The fourth-order valence-corrected chi connectivity index (χ4v) is 5.86. The Hall–Kier alpha value is -5.34. The lowest BCUT2D eigenvalue weighted by Gasteiger charge is -2.27. The number of furan rings is 1. The summed E-state index contributed by atoms with van der Waals surface area (Å²) in [4.78, 5) is 2.35. The second-order valence-corrected chi connectivity index (χ2v) is 10.2. The molecule has 0 atom stereocenters. The molecule has 2 heteroatoms. The zero-order valence-corrected chi connectivity index (χ0v) is 21.8. The van der Waals surface area contributed by atoms with Gasteiger partial charge in [-0.2, -0.15) is 0 Å². The average Bonchev–Trinajstić information content (AvgIpc) is 3.39. The number of hydrogen-bond acceptors (Lipinski definition) is 2. The maximum Gasteiger partial charge on any atom is 0.137 e. The molecular weight excluding hydrogens is 486 g/mol. The van der Waals surface area contributed by atoms with Gasteiger partial charge in [0.2, 0.25) is 0 Å². The Labute approximate surface area is 232 Å². The lowest BCUT2D eigenvalue weighted by atomic mass is 10.0. The molecule has 40 heavy (non-hydrogen) atoms. The smallest absolute Gasteiger partial charge is 0.137 e. The predicted molar refractivity (Wildman–Crippen MR) is 169 cm³/mol. The first-order chi connectivity index (χ1) is 19.8. The van der Waals surface area contributed by atoms with E-state index in [1.54, 1.807) is 0 Å². The van der Waals surface area contributed by atoms with Gasteiger partial charge in [-0.1, -0.05) is 103 Å². The van der Waals surface area contributed by atoms with Crippen LogP contribution < -0.4 is 4.90 Å². The summed E-state index contributed by atoms with van der Waals surface area (Å²) in [5.74, 6) is 0. The van der Waals surface area contributed by atoms with Gasteiger partial charge in [0.25, 0.3) is 0 Å². The van der Waals surface area contributed by atoms with Crippen molar-refractivity contribution in [2.75, 3.05) is 4.90 Å². The number of fused-ring (bicyclic) bond motifs is 5. The Balaban J connectivity index is 1.38. The lowest BCUT2D eigenvalue weighted by Crippen LogP contribution is -2.10. The van der Waals surface area contributed by atoms with Crippen molar-refractivity contribution in [3.05, 3.63) is 152 Å². The minimum Gasteiger partial charge on any atom is -0.456 e. The van der Waals surface area contributed by atoms with Crippen LogP contribution in [0.1, 0.15) is 0 Å². The third-order valence-corrected chi connectivity index (χ3v) is 7.81. The van der Waals surface area contributed by atoms with Gasteiger partial charge in [-0.15, -0.1) is 0 Å². The molecule has 1 aromatic heterocycles. The zero-order valence-electron chi connectivity index (χ0n) is 21.8. The van der Waals surface area contributed by atoms with Crippen molar-refractivity contribution in [1.29, 1.82) is 0 Å². The Kier molecular flexibility index (Phi) is 5.17. The molecule has 0 fully saturated rings. The molecule has 0 amide bonds. The highest BCUT2D eigenvalue weighted by molar-refractivity contribution is 6.16. The molecule has 0 aliphatic carbocycles. The second-order valence-electron chi connectivity index (χ2n) is 10.2. The summed E-state index contributed by atoms with van der Waals surface area (Å²) in [6.45, 7) is 0. The molecule has 2 nitrogen and oxygen atoms in total. The maximum atomic E-state index is 6.44. The standard InChI is InChI=1S/C38H25NO/c1-2-9-26(10-3-1)28-17-20-32(21-18-28)39(33-22-19-27-11-4-5-12-29(27)23-33)35-15-8-16-36-38(35)34-24-30-13-6-7-14-31(30)25-37(34)40-36/h1-25H. The van der Waals surface area contributed by atoms with Gasteiger partial charge in [-0.05, 0) is 81.2 Å². The number of rotatable bonds is 4. The van der Waals surface area contributed by atoms with Crippen molar-refractivity contribution in [3.8, 4) is 11.1 Å². The monoisotopic (exact) mass is 511 g/mol. The molecule has 188 valence electrons. The van der Waals surface area contributed by atoms with E-state index in [1.165, 1.54) is 32.7 Å². The van der Waals surface area contributed by atoms with Crippen molar-refractivity contribution in [1.82, 2.24) is 0 Å². The summed E-state index contributed by atoms with van der Waals surface area (Å²) >= 11 is 0. The van der Waals surface area contributed by atoms with Gasteiger partial charge in [0.1, 0.15) is 11.2 Å². The highest BCUT2D eigenvalue weighted by Crippen LogP contribution is 2.44. The molecule has 0 aliphatic heterocycles. The van der Waals surface area contributed by atoms with E-state index in [4.69, 9.17) is 4.42 Å². The average molecular weight is 512 g/mol. The molecular formula is C38H25NO. The molecule has 8 rings (SSSR count). The first-order valence-electron chi connectivity index (χ1n) is 13.6. The van der Waals surface area contributed by atoms with E-state index in [-0.39, 0.29) is 0 Å². The summed E-state index contributed by atoms with van der Waals surface area (Å²) in [6.07, 6.45) is 0. The number of benzene rings is 7. The van der Waals surface area contributed by atoms with Gasteiger partial charge >= 0.3 is 0 Å². The van der Waals surface area contributed by atoms with Crippen LogP contribution in [0.15, 0.2) is 156 Å². The fourth-order valence-electron chi connectivity index (χ4n) is 5.86. The van der Waals surface area contributed by atoms with Crippen LogP contribution in [0.2, 0.25) is 0 Å². The minimum absolute atomic E-state index is 0.884. The highest BCUT2D eigenvalue weighted by Gasteiger charge is 2.20. The summed E-state index contributed by atoms with van der Waals surface area (Å²) < 4.78 is 6.44. The van der Waals surface area contributed by atoms with E-state index in [9.17, 15) is 0 Å². The Morgan fingerprint density at radius 1 is 0.400 bits per heavy atom. The molecule has 8 aromatic rings. The van der Waals surface area contributed by atoms with Crippen LogP contribution in [0.25, 0.3) is 54.6 Å². The van der Waals surface area contributed by atoms with Crippen LogP contribution in [-0.4, -0.2) is 0 Å². The Morgan fingerprint density at radius 2 is 1.02 bits per heavy atom. The van der Waals surface area contributed by atoms with Gasteiger partial charge in [0.05, 0.1) is 11.1 Å². The van der Waals surface area contributed by atoms with Crippen molar-refractivity contribution < 1.29 is 4.42 Å². The van der Waals surface area contributed by atoms with E-state index in [2.05, 4.69) is 157 Å². The van der Waals surface area contributed by atoms with E-state index in [1.807, 2.05) is 0 Å². The van der Waals surface area contributed by atoms with E-state index in [0.29, 0.717) is 0 Å². The molecule has 0 N–H and O–H groups in total. The van der Waals surface area contributed by atoms with Crippen LogP contribution in [0.3, 0.4) is 0 Å². The van der Waals surface area contributed by atoms with Crippen LogP contribution in [0.4, 0.5) is 17.1 Å². The van der Waals surface area contributed by atoms with Crippen LogP contribution in [0.5, 0.6) is 0 Å². The lowest BCUT2D eigenvalue weighted by molar-refractivity contribution is 0.669. The van der Waals surface area contributed by atoms with Crippen molar-refractivity contribution >= 4 is 60.5 Å². The summed E-state index contributed by atoms with van der Waals surface area (Å²) in [6, 6.07) is 53.8. The highest BCUT2D eigenvalue weighted by atomic mass is 16.3. The summed E-state index contributed by atoms with van der Waals surface area (Å²) in [7, 11) is 0. The SMILES string of the molecule is c1ccc(-c2ccc(N(c3ccc4ccccc4c3)c3cccc4oc5cc6ccccc6cc5c34)cc2)cc1. The molecule has 0 saturated carbocycles.